The van der Waals surface area contributed by atoms with E-state index in [2.05, 4.69) is 4.98 Å². The number of aromatic nitrogens is 2. The molecule has 21 heavy (non-hydrogen) atoms. The van der Waals surface area contributed by atoms with Gasteiger partial charge in [0.25, 0.3) is 0 Å². The highest BCUT2D eigenvalue weighted by Crippen LogP contribution is 2.29. The normalized spacial score (nSPS) is 11.0. The lowest BCUT2D eigenvalue weighted by atomic mass is 10.2. The lowest BCUT2D eigenvalue weighted by molar-refractivity contribution is 0.415. The molecule has 2 aromatic carbocycles. The van der Waals surface area contributed by atoms with E-state index in [0.717, 1.165) is 0 Å². The number of imidazole rings is 1. The number of rotatable bonds is 2. The maximum absolute atomic E-state index is 14.3. The summed E-state index contributed by atoms with van der Waals surface area (Å²) in [6.07, 6.45) is 0. The van der Waals surface area contributed by atoms with Crippen LogP contribution in [0.15, 0.2) is 30.3 Å². The molecular weight excluding hydrogens is 276 g/mol. The molecule has 0 spiro atoms. The van der Waals surface area contributed by atoms with E-state index in [0.29, 0.717) is 22.3 Å². The lowest BCUT2D eigenvalue weighted by Crippen LogP contribution is -2.06. The maximum Gasteiger partial charge on any atom is 0.206 e. The van der Waals surface area contributed by atoms with Crippen molar-refractivity contribution in [3.05, 3.63) is 47.5 Å². The van der Waals surface area contributed by atoms with Crippen LogP contribution < -0.4 is 10.5 Å². The van der Waals surface area contributed by atoms with E-state index in [4.69, 9.17) is 10.5 Å². The molecule has 0 saturated heterocycles. The van der Waals surface area contributed by atoms with E-state index in [1.165, 1.54) is 23.8 Å². The Kier molecular flexibility index (Phi) is 3.01. The third-order valence-electron chi connectivity index (χ3n) is 3.37. The van der Waals surface area contributed by atoms with Gasteiger partial charge in [0.15, 0.2) is 5.82 Å². The summed E-state index contributed by atoms with van der Waals surface area (Å²) in [6.45, 7) is 1.57. The first-order valence-electron chi connectivity index (χ1n) is 6.30. The second kappa shape index (κ2) is 4.73. The number of hydrogen-bond acceptors (Lipinski definition) is 3. The van der Waals surface area contributed by atoms with Crippen molar-refractivity contribution in [2.24, 2.45) is 0 Å². The van der Waals surface area contributed by atoms with Crippen molar-refractivity contribution in [1.29, 1.82) is 0 Å². The molecular formula is C15H13F2N3O. The molecule has 1 aromatic heterocycles. The summed E-state index contributed by atoms with van der Waals surface area (Å²) in [6, 6.07) is 7.60. The van der Waals surface area contributed by atoms with Crippen molar-refractivity contribution >= 4 is 17.0 Å². The Morgan fingerprint density at radius 3 is 2.67 bits per heavy atom. The van der Waals surface area contributed by atoms with E-state index in [9.17, 15) is 8.78 Å². The van der Waals surface area contributed by atoms with Crippen molar-refractivity contribution in [2.45, 2.75) is 6.92 Å². The molecule has 0 saturated carbocycles. The molecule has 0 fully saturated rings. The van der Waals surface area contributed by atoms with Crippen molar-refractivity contribution in [2.75, 3.05) is 12.8 Å². The minimum absolute atomic E-state index is 0.0154. The molecule has 3 aromatic rings. The Hall–Kier alpha value is -2.63. The van der Waals surface area contributed by atoms with Crippen LogP contribution in [0.3, 0.4) is 0 Å². The van der Waals surface area contributed by atoms with Crippen molar-refractivity contribution in [1.82, 2.24) is 9.55 Å². The third-order valence-corrected chi connectivity index (χ3v) is 3.37. The van der Waals surface area contributed by atoms with Gasteiger partial charge in [0.2, 0.25) is 5.95 Å². The fraction of sp³-hybridized carbons (Fsp3) is 0.133. The van der Waals surface area contributed by atoms with Crippen LogP contribution in [0.5, 0.6) is 5.75 Å². The first-order chi connectivity index (χ1) is 10.0. The highest BCUT2D eigenvalue weighted by Gasteiger charge is 2.19. The maximum atomic E-state index is 14.3. The summed E-state index contributed by atoms with van der Waals surface area (Å²) < 4.78 is 34.8. The summed E-state index contributed by atoms with van der Waals surface area (Å²) in [4.78, 5) is 4.14. The first-order valence-corrected chi connectivity index (χ1v) is 6.30. The number of hydrogen-bond donors (Lipinski definition) is 1. The molecule has 108 valence electrons. The smallest absolute Gasteiger partial charge is 0.206 e. The van der Waals surface area contributed by atoms with Gasteiger partial charge in [-0.3, -0.25) is 4.57 Å². The van der Waals surface area contributed by atoms with Crippen LogP contribution in [-0.2, 0) is 0 Å². The second-order valence-electron chi connectivity index (χ2n) is 4.69. The van der Waals surface area contributed by atoms with Crippen LogP contribution in [0.25, 0.3) is 16.7 Å². The Balaban J connectivity index is 2.36. The summed E-state index contributed by atoms with van der Waals surface area (Å²) in [5, 5.41) is 0. The number of ether oxygens (including phenoxy) is 1. The predicted molar refractivity (Wildman–Crippen MR) is 76.7 cm³/mol. The van der Waals surface area contributed by atoms with Gasteiger partial charge >= 0.3 is 0 Å². The SMILES string of the molecule is COc1ccc2c(c1)nc(N)n2-c1c(F)ccc(C)c1F. The monoisotopic (exact) mass is 289 g/mol. The number of halogens is 2. The Labute approximate surface area is 119 Å². The number of fused-ring (bicyclic) bond motifs is 1. The summed E-state index contributed by atoms with van der Waals surface area (Å²) in [5.41, 5.74) is 6.97. The fourth-order valence-electron chi connectivity index (χ4n) is 2.29. The average molecular weight is 289 g/mol. The van der Waals surface area contributed by atoms with Crippen molar-refractivity contribution in [3.8, 4) is 11.4 Å². The lowest BCUT2D eigenvalue weighted by Gasteiger charge is -2.11. The summed E-state index contributed by atoms with van der Waals surface area (Å²) in [5.74, 6) is -0.740. The standard InChI is InChI=1S/C15H13F2N3O/c1-8-3-5-10(16)14(13(8)17)20-12-6-4-9(21-2)7-11(12)19-15(20)18/h3-7H,1-2H3,(H2,18,19). The molecule has 6 heteroatoms. The van der Waals surface area contributed by atoms with Crippen LogP contribution in [-0.4, -0.2) is 16.7 Å². The molecule has 0 aliphatic rings. The van der Waals surface area contributed by atoms with E-state index in [1.807, 2.05) is 0 Å². The van der Waals surface area contributed by atoms with E-state index in [1.54, 1.807) is 25.1 Å². The minimum Gasteiger partial charge on any atom is -0.497 e. The number of aryl methyl sites for hydroxylation is 1. The largest absolute Gasteiger partial charge is 0.497 e. The topological polar surface area (TPSA) is 53.1 Å². The Bertz CT molecular complexity index is 843. The molecule has 0 radical (unpaired) electrons. The average Bonchev–Trinajstić information content (AvgIpc) is 2.79. The number of benzene rings is 2. The van der Waals surface area contributed by atoms with Gasteiger partial charge in [-0.05, 0) is 30.7 Å². The Morgan fingerprint density at radius 2 is 1.95 bits per heavy atom. The third kappa shape index (κ3) is 1.99. The van der Waals surface area contributed by atoms with E-state index >= 15 is 0 Å². The number of nitrogens with two attached hydrogens (primary N) is 1. The van der Waals surface area contributed by atoms with Crippen LogP contribution in [0, 0.1) is 18.6 Å². The predicted octanol–water partition coefficient (Wildman–Crippen LogP) is 3.20. The van der Waals surface area contributed by atoms with Gasteiger partial charge in [-0.15, -0.1) is 0 Å². The zero-order valence-corrected chi connectivity index (χ0v) is 11.5. The number of anilines is 1. The number of nitrogen functional groups attached to an aromatic ring is 1. The van der Waals surface area contributed by atoms with Crippen molar-refractivity contribution in [3.63, 3.8) is 0 Å². The number of methoxy groups -OCH3 is 1. The van der Waals surface area contributed by atoms with Crippen molar-refractivity contribution < 1.29 is 13.5 Å². The van der Waals surface area contributed by atoms with E-state index < -0.39 is 11.6 Å². The highest BCUT2D eigenvalue weighted by molar-refractivity contribution is 5.82. The van der Waals surface area contributed by atoms with Crippen LogP contribution in [0.1, 0.15) is 5.56 Å². The molecule has 4 nitrogen and oxygen atoms in total. The highest BCUT2D eigenvalue weighted by atomic mass is 19.1. The van der Waals surface area contributed by atoms with Crippen LogP contribution in [0.2, 0.25) is 0 Å². The van der Waals surface area contributed by atoms with Gasteiger partial charge in [-0.1, -0.05) is 6.07 Å². The number of nitrogens with zero attached hydrogens (tertiary/aromatic N) is 2. The van der Waals surface area contributed by atoms with Gasteiger partial charge in [0, 0.05) is 6.07 Å². The molecule has 0 aliphatic carbocycles. The second-order valence-corrected chi connectivity index (χ2v) is 4.69. The molecule has 0 atom stereocenters. The first kappa shape index (κ1) is 13.4. The summed E-state index contributed by atoms with van der Waals surface area (Å²) in [7, 11) is 1.53. The van der Waals surface area contributed by atoms with E-state index in [-0.39, 0.29) is 11.6 Å². The zero-order valence-electron chi connectivity index (χ0n) is 11.5. The quantitative estimate of drug-likeness (QED) is 0.788. The molecule has 0 bridgehead atoms. The van der Waals surface area contributed by atoms with Crippen LogP contribution in [0.4, 0.5) is 14.7 Å². The van der Waals surface area contributed by atoms with Gasteiger partial charge in [0.1, 0.15) is 17.3 Å². The molecule has 1 heterocycles. The van der Waals surface area contributed by atoms with Gasteiger partial charge < -0.3 is 10.5 Å². The van der Waals surface area contributed by atoms with Crippen LogP contribution >= 0.6 is 0 Å². The molecule has 2 N–H and O–H groups in total. The van der Waals surface area contributed by atoms with Gasteiger partial charge in [0.05, 0.1) is 18.1 Å². The molecule has 0 aliphatic heterocycles. The van der Waals surface area contributed by atoms with Gasteiger partial charge in [-0.2, -0.15) is 0 Å². The fourth-order valence-corrected chi connectivity index (χ4v) is 2.29. The zero-order chi connectivity index (χ0) is 15.1. The summed E-state index contributed by atoms with van der Waals surface area (Å²) >= 11 is 0. The van der Waals surface area contributed by atoms with Gasteiger partial charge in [-0.25, -0.2) is 13.8 Å². The Morgan fingerprint density at radius 1 is 1.19 bits per heavy atom. The minimum atomic E-state index is -0.695. The molecule has 0 amide bonds. The molecule has 0 unspecified atom stereocenters. The molecule has 3 rings (SSSR count).